The van der Waals surface area contributed by atoms with Crippen LogP contribution in [0, 0.1) is 12.8 Å². The quantitative estimate of drug-likeness (QED) is 0.609. The first-order valence-corrected chi connectivity index (χ1v) is 13.0. The van der Waals surface area contributed by atoms with Crippen molar-refractivity contribution in [3.05, 3.63) is 41.2 Å². The number of hydrogen-bond donors (Lipinski definition) is 1. The second kappa shape index (κ2) is 11.2. The Bertz CT molecular complexity index is 859. The normalized spacial score (nSPS) is 20.4. The van der Waals surface area contributed by atoms with Crippen LogP contribution in [0.15, 0.2) is 24.3 Å². The van der Waals surface area contributed by atoms with E-state index >= 15 is 0 Å². The molecule has 1 aromatic carbocycles. The number of likely N-dealkylation sites (tertiary alicyclic amines) is 1. The molecule has 32 heavy (non-hydrogen) atoms. The summed E-state index contributed by atoms with van der Waals surface area (Å²) in [5, 5.41) is 4.17. The second-order valence-electron chi connectivity index (χ2n) is 9.44. The molecule has 4 rings (SSSR count). The number of anilines is 1. The summed E-state index contributed by atoms with van der Waals surface area (Å²) in [5.41, 5.74) is 2.51. The van der Waals surface area contributed by atoms with Crippen molar-refractivity contribution in [2.24, 2.45) is 5.92 Å². The number of rotatable bonds is 8. The van der Waals surface area contributed by atoms with Crippen LogP contribution in [0.2, 0.25) is 0 Å². The van der Waals surface area contributed by atoms with Gasteiger partial charge in [-0.05, 0) is 58.1 Å². The summed E-state index contributed by atoms with van der Waals surface area (Å²) in [6.07, 6.45) is 7.58. The molecule has 6 nitrogen and oxygen atoms in total. The van der Waals surface area contributed by atoms with Gasteiger partial charge in [-0.15, -0.1) is 0 Å². The Labute approximate surface area is 196 Å². The first-order valence-electron chi connectivity index (χ1n) is 12.2. The maximum absolute atomic E-state index is 12.6. The number of aryl methyl sites for hydroxylation is 1. The van der Waals surface area contributed by atoms with Gasteiger partial charge in [0.15, 0.2) is 0 Å². The predicted octanol–water partition coefficient (Wildman–Crippen LogP) is 4.03. The van der Waals surface area contributed by atoms with Crippen LogP contribution in [-0.2, 0) is 11.2 Å². The molecule has 2 saturated heterocycles. The van der Waals surface area contributed by atoms with Crippen molar-refractivity contribution >= 4 is 22.6 Å². The summed E-state index contributed by atoms with van der Waals surface area (Å²) >= 11 is 1.48. The fraction of sp³-hybridized carbons (Fsp3) is 0.640. The van der Waals surface area contributed by atoms with Gasteiger partial charge >= 0.3 is 0 Å². The number of nitrogens with zero attached hydrogens (tertiary/aromatic N) is 4. The highest BCUT2D eigenvalue weighted by atomic mass is 32.1. The van der Waals surface area contributed by atoms with Crippen molar-refractivity contribution in [2.45, 2.75) is 64.8 Å². The summed E-state index contributed by atoms with van der Waals surface area (Å²) in [4.78, 5) is 22.2. The van der Waals surface area contributed by atoms with Gasteiger partial charge in [-0.2, -0.15) is 4.37 Å². The van der Waals surface area contributed by atoms with Crippen LogP contribution in [0.3, 0.4) is 0 Å². The molecule has 2 aromatic rings. The van der Waals surface area contributed by atoms with Gasteiger partial charge in [-0.25, -0.2) is 4.98 Å². The highest BCUT2D eigenvalue weighted by molar-refractivity contribution is 7.09. The summed E-state index contributed by atoms with van der Waals surface area (Å²) < 4.78 is 4.56. The zero-order valence-electron chi connectivity index (χ0n) is 19.6. The standard InChI is InChI=1S/C25H37N5OS/c1-19-7-9-21(10-8-19)18-23-27-25(32-28-23)30-16-11-22(12-17-30)24(31)26-13-5-15-29-14-4-3-6-20(29)2/h7-10,20,22H,3-6,11-18H2,1-2H3,(H,26,31). The molecule has 1 aromatic heterocycles. The van der Waals surface area contributed by atoms with Crippen LogP contribution in [0.5, 0.6) is 0 Å². The molecule has 0 saturated carbocycles. The Morgan fingerprint density at radius 3 is 2.66 bits per heavy atom. The molecule has 0 aliphatic carbocycles. The molecule has 3 heterocycles. The topological polar surface area (TPSA) is 61.4 Å². The second-order valence-corrected chi connectivity index (χ2v) is 10.2. The van der Waals surface area contributed by atoms with Crippen LogP contribution in [0.25, 0.3) is 0 Å². The molecule has 1 unspecified atom stereocenters. The van der Waals surface area contributed by atoms with Crippen molar-refractivity contribution in [3.63, 3.8) is 0 Å². The number of aromatic nitrogens is 2. The van der Waals surface area contributed by atoms with Crippen molar-refractivity contribution in [3.8, 4) is 0 Å². The van der Waals surface area contributed by atoms with Gasteiger partial charge < -0.3 is 15.1 Å². The molecule has 1 N–H and O–H groups in total. The van der Waals surface area contributed by atoms with Crippen molar-refractivity contribution in [2.75, 3.05) is 37.6 Å². The van der Waals surface area contributed by atoms with Crippen LogP contribution in [0.1, 0.15) is 62.4 Å². The maximum Gasteiger partial charge on any atom is 0.223 e. The Morgan fingerprint density at radius 2 is 1.91 bits per heavy atom. The lowest BCUT2D eigenvalue weighted by molar-refractivity contribution is -0.125. The number of piperidine rings is 2. The molecule has 0 spiro atoms. The Hall–Kier alpha value is -1.99. The number of nitrogens with one attached hydrogen (secondary N) is 1. The number of carbonyl (C=O) groups is 1. The van der Waals surface area contributed by atoms with E-state index in [1.165, 1.54) is 48.5 Å². The van der Waals surface area contributed by atoms with Gasteiger partial charge in [0.25, 0.3) is 0 Å². The summed E-state index contributed by atoms with van der Waals surface area (Å²) in [6, 6.07) is 9.25. The van der Waals surface area contributed by atoms with E-state index in [0.717, 1.165) is 62.8 Å². The monoisotopic (exact) mass is 455 g/mol. The van der Waals surface area contributed by atoms with E-state index in [-0.39, 0.29) is 11.8 Å². The fourth-order valence-corrected chi connectivity index (χ4v) is 5.53. The van der Waals surface area contributed by atoms with E-state index in [9.17, 15) is 4.79 Å². The average molecular weight is 456 g/mol. The maximum atomic E-state index is 12.6. The van der Waals surface area contributed by atoms with E-state index in [4.69, 9.17) is 4.98 Å². The number of benzene rings is 1. The molecule has 2 fully saturated rings. The first-order chi connectivity index (χ1) is 15.6. The largest absolute Gasteiger partial charge is 0.356 e. The third kappa shape index (κ3) is 6.29. The van der Waals surface area contributed by atoms with Gasteiger partial charge in [-0.3, -0.25) is 4.79 Å². The van der Waals surface area contributed by atoms with E-state index in [0.29, 0.717) is 6.04 Å². The molecule has 1 amide bonds. The lowest BCUT2D eigenvalue weighted by Crippen LogP contribution is -2.42. The van der Waals surface area contributed by atoms with Crippen molar-refractivity contribution in [1.82, 2.24) is 19.6 Å². The van der Waals surface area contributed by atoms with Crippen LogP contribution in [0.4, 0.5) is 5.13 Å². The summed E-state index contributed by atoms with van der Waals surface area (Å²) in [5.74, 6) is 1.24. The zero-order valence-corrected chi connectivity index (χ0v) is 20.4. The van der Waals surface area contributed by atoms with Crippen LogP contribution >= 0.6 is 11.5 Å². The van der Waals surface area contributed by atoms with Gasteiger partial charge in [0, 0.05) is 56.1 Å². The number of amides is 1. The molecule has 2 aliphatic heterocycles. The van der Waals surface area contributed by atoms with E-state index < -0.39 is 0 Å². The minimum Gasteiger partial charge on any atom is -0.356 e. The number of hydrogen-bond acceptors (Lipinski definition) is 6. The third-order valence-corrected chi connectivity index (χ3v) is 7.75. The minimum absolute atomic E-state index is 0.125. The smallest absolute Gasteiger partial charge is 0.223 e. The van der Waals surface area contributed by atoms with E-state index in [1.807, 2.05) is 0 Å². The molecular weight excluding hydrogens is 418 g/mol. The zero-order chi connectivity index (χ0) is 22.3. The molecule has 0 bridgehead atoms. The van der Waals surface area contributed by atoms with Gasteiger partial charge in [-0.1, -0.05) is 36.2 Å². The van der Waals surface area contributed by atoms with Crippen LogP contribution < -0.4 is 10.2 Å². The molecule has 174 valence electrons. The minimum atomic E-state index is 0.125. The third-order valence-electron chi connectivity index (χ3n) is 6.94. The Balaban J connectivity index is 1.16. The SMILES string of the molecule is Cc1ccc(Cc2nsc(N3CCC(C(=O)NCCCN4CCCCC4C)CC3)n2)cc1. The van der Waals surface area contributed by atoms with Gasteiger partial charge in [0.05, 0.1) is 0 Å². The predicted molar refractivity (Wildman–Crippen MR) is 131 cm³/mol. The Morgan fingerprint density at radius 1 is 1.12 bits per heavy atom. The highest BCUT2D eigenvalue weighted by Gasteiger charge is 2.26. The molecule has 1 atom stereocenters. The van der Waals surface area contributed by atoms with Gasteiger partial charge in [0.1, 0.15) is 5.82 Å². The molecular formula is C25H37N5OS. The highest BCUT2D eigenvalue weighted by Crippen LogP contribution is 2.25. The lowest BCUT2D eigenvalue weighted by atomic mass is 9.96. The average Bonchev–Trinajstić information content (AvgIpc) is 3.28. The molecule has 0 radical (unpaired) electrons. The van der Waals surface area contributed by atoms with E-state index in [1.54, 1.807) is 0 Å². The summed E-state index contributed by atoms with van der Waals surface area (Å²) in [7, 11) is 0. The molecule has 7 heteroatoms. The van der Waals surface area contributed by atoms with Crippen molar-refractivity contribution in [1.29, 1.82) is 0 Å². The fourth-order valence-electron chi connectivity index (χ4n) is 4.79. The van der Waals surface area contributed by atoms with Crippen LogP contribution in [-0.4, -0.2) is 58.9 Å². The van der Waals surface area contributed by atoms with E-state index in [2.05, 4.69) is 57.6 Å². The van der Waals surface area contributed by atoms with Crippen molar-refractivity contribution < 1.29 is 4.79 Å². The summed E-state index contributed by atoms with van der Waals surface area (Å²) in [6.45, 7) is 9.29. The lowest BCUT2D eigenvalue weighted by Gasteiger charge is -2.33. The first kappa shape index (κ1) is 23.2. The Kier molecular flexibility index (Phi) is 8.14. The number of carbonyl (C=O) groups excluding carboxylic acids is 1. The molecule has 2 aliphatic rings. The van der Waals surface area contributed by atoms with Gasteiger partial charge in [0.2, 0.25) is 11.0 Å².